The van der Waals surface area contributed by atoms with E-state index in [0.717, 1.165) is 17.7 Å². The van der Waals surface area contributed by atoms with Gasteiger partial charge in [0.05, 0.1) is 0 Å². The van der Waals surface area contributed by atoms with Crippen molar-refractivity contribution in [2.75, 3.05) is 30.9 Å². The van der Waals surface area contributed by atoms with Gasteiger partial charge < -0.3 is 10.2 Å². The van der Waals surface area contributed by atoms with Crippen molar-refractivity contribution < 1.29 is 0 Å². The third-order valence-electron chi connectivity index (χ3n) is 2.74. The van der Waals surface area contributed by atoms with E-state index < -0.39 is 0 Å². The summed E-state index contributed by atoms with van der Waals surface area (Å²) in [5.74, 6) is 1.97. The lowest BCUT2D eigenvalue weighted by Gasteiger charge is -2.13. The Labute approximate surface area is 113 Å². The van der Waals surface area contributed by atoms with Crippen LogP contribution in [0.4, 0.5) is 11.9 Å². The minimum absolute atomic E-state index is 0.611. The number of aryl methyl sites for hydroxylation is 1. The van der Waals surface area contributed by atoms with Crippen molar-refractivity contribution in [1.29, 1.82) is 0 Å². The predicted octanol–water partition coefficient (Wildman–Crippen LogP) is 2.34. The zero-order chi connectivity index (χ0) is 13.8. The summed E-state index contributed by atoms with van der Waals surface area (Å²) in [6.07, 6.45) is 0. The summed E-state index contributed by atoms with van der Waals surface area (Å²) in [6.45, 7) is 4.86. The van der Waals surface area contributed by atoms with E-state index in [1.54, 1.807) is 0 Å². The van der Waals surface area contributed by atoms with E-state index >= 15 is 0 Å². The van der Waals surface area contributed by atoms with Gasteiger partial charge >= 0.3 is 0 Å². The minimum atomic E-state index is 0.611. The summed E-state index contributed by atoms with van der Waals surface area (Å²) in [5.41, 5.74) is 2.19. The van der Waals surface area contributed by atoms with Crippen molar-refractivity contribution in [2.24, 2.45) is 0 Å². The van der Waals surface area contributed by atoms with Crippen molar-refractivity contribution in [1.82, 2.24) is 15.0 Å². The van der Waals surface area contributed by atoms with Crippen LogP contribution in [0.5, 0.6) is 0 Å². The molecule has 1 heterocycles. The quantitative estimate of drug-likeness (QED) is 0.911. The average Bonchev–Trinajstić information content (AvgIpc) is 2.39. The molecule has 0 aliphatic rings. The Bertz CT molecular complexity index is 566. The Morgan fingerprint density at radius 3 is 2.47 bits per heavy atom. The third kappa shape index (κ3) is 2.99. The number of anilines is 2. The van der Waals surface area contributed by atoms with Crippen molar-refractivity contribution in [3.8, 4) is 11.4 Å². The topological polar surface area (TPSA) is 53.9 Å². The molecule has 0 fully saturated rings. The lowest BCUT2D eigenvalue weighted by Crippen LogP contribution is -2.16. The fourth-order valence-electron chi connectivity index (χ4n) is 1.75. The van der Waals surface area contributed by atoms with Crippen molar-refractivity contribution in [3.63, 3.8) is 0 Å². The summed E-state index contributed by atoms with van der Waals surface area (Å²) >= 11 is 0. The van der Waals surface area contributed by atoms with E-state index in [4.69, 9.17) is 0 Å². The highest BCUT2D eigenvalue weighted by Gasteiger charge is 2.10. The van der Waals surface area contributed by atoms with Crippen LogP contribution in [0.3, 0.4) is 0 Å². The van der Waals surface area contributed by atoms with Gasteiger partial charge in [-0.05, 0) is 19.4 Å². The maximum atomic E-state index is 4.51. The number of hydrogen-bond acceptors (Lipinski definition) is 5. The summed E-state index contributed by atoms with van der Waals surface area (Å²) in [7, 11) is 3.85. The highest BCUT2D eigenvalue weighted by Crippen LogP contribution is 2.21. The second-order valence-electron chi connectivity index (χ2n) is 4.52. The first-order valence-electron chi connectivity index (χ1n) is 6.35. The molecule has 0 atom stereocenters. The monoisotopic (exact) mass is 257 g/mol. The largest absolute Gasteiger partial charge is 0.354 e. The van der Waals surface area contributed by atoms with Gasteiger partial charge in [-0.1, -0.05) is 24.3 Å². The van der Waals surface area contributed by atoms with Gasteiger partial charge in [-0.25, -0.2) is 0 Å². The van der Waals surface area contributed by atoms with Crippen LogP contribution in [-0.4, -0.2) is 35.6 Å². The maximum Gasteiger partial charge on any atom is 0.230 e. The summed E-state index contributed by atoms with van der Waals surface area (Å²) < 4.78 is 0. The molecule has 0 amide bonds. The molecule has 0 radical (unpaired) electrons. The lowest BCUT2D eigenvalue weighted by atomic mass is 10.1. The number of benzene rings is 1. The molecular formula is C14H19N5. The smallest absolute Gasteiger partial charge is 0.230 e. The molecule has 0 bridgehead atoms. The van der Waals surface area contributed by atoms with Crippen LogP contribution in [0.25, 0.3) is 11.4 Å². The molecule has 1 aromatic carbocycles. The molecule has 1 aromatic heterocycles. The first kappa shape index (κ1) is 13.3. The van der Waals surface area contributed by atoms with Crippen LogP contribution < -0.4 is 10.2 Å². The molecule has 0 saturated heterocycles. The Hall–Kier alpha value is -2.17. The van der Waals surface area contributed by atoms with Crippen molar-refractivity contribution in [3.05, 3.63) is 29.8 Å². The molecule has 2 aromatic rings. The summed E-state index contributed by atoms with van der Waals surface area (Å²) in [6, 6.07) is 8.09. The van der Waals surface area contributed by atoms with E-state index in [1.807, 2.05) is 44.1 Å². The fourth-order valence-corrected chi connectivity index (χ4v) is 1.75. The van der Waals surface area contributed by atoms with Gasteiger partial charge in [0.1, 0.15) is 0 Å². The number of hydrogen-bond donors (Lipinski definition) is 1. The van der Waals surface area contributed by atoms with Crippen molar-refractivity contribution >= 4 is 11.9 Å². The van der Waals surface area contributed by atoms with Crippen molar-refractivity contribution in [2.45, 2.75) is 13.8 Å². The molecule has 0 aliphatic heterocycles. The number of rotatable bonds is 4. The zero-order valence-electron chi connectivity index (χ0n) is 11.8. The van der Waals surface area contributed by atoms with E-state index in [0.29, 0.717) is 17.7 Å². The van der Waals surface area contributed by atoms with Crippen LogP contribution in [0, 0.1) is 6.92 Å². The molecule has 1 N–H and O–H groups in total. The normalized spacial score (nSPS) is 10.3. The molecule has 2 rings (SSSR count). The molecule has 19 heavy (non-hydrogen) atoms. The Morgan fingerprint density at radius 1 is 1.11 bits per heavy atom. The van der Waals surface area contributed by atoms with Gasteiger partial charge in [0.25, 0.3) is 0 Å². The summed E-state index contributed by atoms with van der Waals surface area (Å²) in [4.78, 5) is 15.2. The van der Waals surface area contributed by atoms with E-state index in [2.05, 4.69) is 33.3 Å². The molecule has 5 heteroatoms. The van der Waals surface area contributed by atoms with Crippen LogP contribution in [0.2, 0.25) is 0 Å². The van der Waals surface area contributed by atoms with Crippen LogP contribution in [-0.2, 0) is 0 Å². The van der Waals surface area contributed by atoms with Gasteiger partial charge in [0, 0.05) is 26.2 Å². The van der Waals surface area contributed by atoms with Gasteiger partial charge in [-0.3, -0.25) is 0 Å². The highest BCUT2D eigenvalue weighted by molar-refractivity contribution is 5.62. The lowest BCUT2D eigenvalue weighted by molar-refractivity contribution is 0.953. The van der Waals surface area contributed by atoms with E-state index in [-0.39, 0.29) is 0 Å². The molecular weight excluding hydrogens is 238 g/mol. The fraction of sp³-hybridized carbons (Fsp3) is 0.357. The summed E-state index contributed by atoms with van der Waals surface area (Å²) in [5, 5.41) is 3.14. The van der Waals surface area contributed by atoms with Gasteiger partial charge in [-0.2, -0.15) is 15.0 Å². The van der Waals surface area contributed by atoms with Gasteiger partial charge in [0.2, 0.25) is 11.9 Å². The minimum Gasteiger partial charge on any atom is -0.354 e. The third-order valence-corrected chi connectivity index (χ3v) is 2.74. The molecule has 5 nitrogen and oxygen atoms in total. The molecule has 0 saturated carbocycles. The van der Waals surface area contributed by atoms with Crippen LogP contribution >= 0.6 is 0 Å². The first-order chi connectivity index (χ1) is 9.11. The van der Waals surface area contributed by atoms with Gasteiger partial charge in [-0.15, -0.1) is 0 Å². The van der Waals surface area contributed by atoms with Crippen LogP contribution in [0.15, 0.2) is 24.3 Å². The molecule has 0 spiro atoms. The van der Waals surface area contributed by atoms with Crippen LogP contribution in [0.1, 0.15) is 12.5 Å². The predicted molar refractivity (Wildman–Crippen MR) is 78.5 cm³/mol. The Kier molecular flexibility index (Phi) is 3.94. The average molecular weight is 257 g/mol. The first-order valence-corrected chi connectivity index (χ1v) is 6.35. The standard InChI is InChI=1S/C14H19N5/c1-5-15-13-16-12(17-14(18-13)19(3)4)11-9-7-6-8-10(11)2/h6-9H,5H2,1-4H3,(H,15,16,17,18). The SMILES string of the molecule is CCNc1nc(-c2ccccc2C)nc(N(C)C)n1. The van der Waals surface area contributed by atoms with Gasteiger partial charge in [0.15, 0.2) is 5.82 Å². The van der Waals surface area contributed by atoms with E-state index in [9.17, 15) is 0 Å². The molecule has 0 unspecified atom stereocenters. The second-order valence-corrected chi connectivity index (χ2v) is 4.52. The molecule has 0 aliphatic carbocycles. The number of nitrogens with one attached hydrogen (secondary N) is 1. The number of nitrogens with zero attached hydrogens (tertiary/aromatic N) is 4. The van der Waals surface area contributed by atoms with E-state index in [1.165, 1.54) is 0 Å². The zero-order valence-corrected chi connectivity index (χ0v) is 11.8. The Balaban J connectivity index is 2.53. The second kappa shape index (κ2) is 5.65. The highest BCUT2D eigenvalue weighted by atomic mass is 15.3. The number of aromatic nitrogens is 3. The Morgan fingerprint density at radius 2 is 1.84 bits per heavy atom. The molecule has 100 valence electrons. The maximum absolute atomic E-state index is 4.51.